The van der Waals surface area contributed by atoms with E-state index in [2.05, 4.69) is 22.0 Å². The second-order valence-corrected chi connectivity index (χ2v) is 3.15. The first-order valence-electron chi connectivity index (χ1n) is 3.97. The molecule has 1 rings (SSSR count). The SMILES string of the molecule is N#CC=Cc1cccc(CBr)c1C#N. The van der Waals surface area contributed by atoms with Gasteiger partial charge in [0, 0.05) is 11.4 Å². The number of rotatable bonds is 2. The third-order valence-electron chi connectivity index (χ3n) is 1.78. The Morgan fingerprint density at radius 3 is 2.71 bits per heavy atom. The highest BCUT2D eigenvalue weighted by Crippen LogP contribution is 2.17. The van der Waals surface area contributed by atoms with E-state index in [9.17, 15) is 0 Å². The van der Waals surface area contributed by atoms with Crippen LogP contribution in [-0.2, 0) is 5.33 Å². The summed E-state index contributed by atoms with van der Waals surface area (Å²) in [4.78, 5) is 0. The third-order valence-corrected chi connectivity index (χ3v) is 2.38. The fourth-order valence-electron chi connectivity index (χ4n) is 1.13. The smallest absolute Gasteiger partial charge is 0.100 e. The van der Waals surface area contributed by atoms with Gasteiger partial charge in [0.2, 0.25) is 0 Å². The van der Waals surface area contributed by atoms with E-state index in [1.54, 1.807) is 6.08 Å². The van der Waals surface area contributed by atoms with Gasteiger partial charge in [-0.05, 0) is 17.2 Å². The summed E-state index contributed by atoms with van der Waals surface area (Å²) in [5.74, 6) is 0. The van der Waals surface area contributed by atoms with E-state index in [1.165, 1.54) is 6.08 Å². The number of allylic oxidation sites excluding steroid dienone is 1. The molecule has 0 radical (unpaired) electrons. The Morgan fingerprint density at radius 2 is 2.14 bits per heavy atom. The zero-order valence-electron chi connectivity index (χ0n) is 7.37. The highest BCUT2D eigenvalue weighted by molar-refractivity contribution is 9.08. The minimum Gasteiger partial charge on any atom is -0.193 e. The highest BCUT2D eigenvalue weighted by atomic mass is 79.9. The number of benzene rings is 1. The van der Waals surface area contributed by atoms with Crippen molar-refractivity contribution in [2.75, 3.05) is 0 Å². The van der Waals surface area contributed by atoms with Gasteiger partial charge in [0.1, 0.15) is 6.07 Å². The minimum absolute atomic E-state index is 0.621. The standard InChI is InChI=1S/C11H7BrN2/c12-7-10-4-1-3-9(5-2-6-13)11(10)8-14/h1-5H,7H2. The quantitative estimate of drug-likeness (QED) is 0.595. The minimum atomic E-state index is 0.621. The van der Waals surface area contributed by atoms with Crippen LogP contribution in [0.5, 0.6) is 0 Å². The van der Waals surface area contributed by atoms with E-state index < -0.39 is 0 Å². The van der Waals surface area contributed by atoms with Gasteiger partial charge in [-0.3, -0.25) is 0 Å². The molecule has 0 saturated carbocycles. The molecule has 0 aliphatic heterocycles. The lowest BCUT2D eigenvalue weighted by Crippen LogP contribution is -1.89. The molecule has 68 valence electrons. The Kier molecular flexibility index (Phi) is 3.91. The van der Waals surface area contributed by atoms with Gasteiger partial charge in [0.15, 0.2) is 0 Å². The summed E-state index contributed by atoms with van der Waals surface area (Å²) in [5.41, 5.74) is 2.34. The van der Waals surface area contributed by atoms with Crippen molar-refractivity contribution in [3.05, 3.63) is 41.0 Å². The van der Waals surface area contributed by atoms with Crippen LogP contribution in [0.25, 0.3) is 6.08 Å². The lowest BCUT2D eigenvalue weighted by atomic mass is 10.0. The van der Waals surface area contributed by atoms with Crippen LogP contribution >= 0.6 is 15.9 Å². The van der Waals surface area contributed by atoms with Crippen molar-refractivity contribution in [1.82, 2.24) is 0 Å². The van der Waals surface area contributed by atoms with Crippen molar-refractivity contribution < 1.29 is 0 Å². The van der Waals surface area contributed by atoms with Gasteiger partial charge in [-0.2, -0.15) is 10.5 Å². The number of alkyl halides is 1. The lowest BCUT2D eigenvalue weighted by Gasteiger charge is -2.02. The van der Waals surface area contributed by atoms with Crippen LogP contribution in [0.3, 0.4) is 0 Å². The lowest BCUT2D eigenvalue weighted by molar-refractivity contribution is 1.36. The van der Waals surface area contributed by atoms with Gasteiger partial charge < -0.3 is 0 Å². The fraction of sp³-hybridized carbons (Fsp3) is 0.0909. The topological polar surface area (TPSA) is 47.6 Å². The maximum Gasteiger partial charge on any atom is 0.100 e. The number of halogens is 1. The molecule has 2 nitrogen and oxygen atoms in total. The number of nitrogens with zero attached hydrogens (tertiary/aromatic N) is 2. The molecule has 14 heavy (non-hydrogen) atoms. The third kappa shape index (κ3) is 2.22. The summed E-state index contributed by atoms with van der Waals surface area (Å²) in [6.07, 6.45) is 3.01. The molecule has 0 unspecified atom stereocenters. The molecule has 3 heteroatoms. The summed E-state index contributed by atoms with van der Waals surface area (Å²) in [6, 6.07) is 9.61. The van der Waals surface area contributed by atoms with Gasteiger partial charge >= 0.3 is 0 Å². The second-order valence-electron chi connectivity index (χ2n) is 2.59. The molecule has 1 aromatic carbocycles. The van der Waals surface area contributed by atoms with Crippen LogP contribution in [0.1, 0.15) is 16.7 Å². The van der Waals surface area contributed by atoms with Crippen LogP contribution < -0.4 is 0 Å². The summed E-state index contributed by atoms with van der Waals surface area (Å²) in [6.45, 7) is 0. The first-order chi connectivity index (χ1) is 6.83. The molecule has 0 N–H and O–H groups in total. The van der Waals surface area contributed by atoms with Crippen molar-refractivity contribution in [1.29, 1.82) is 10.5 Å². The highest BCUT2D eigenvalue weighted by Gasteiger charge is 2.03. The van der Waals surface area contributed by atoms with E-state index in [0.717, 1.165) is 11.1 Å². The summed E-state index contributed by atoms with van der Waals surface area (Å²) in [7, 11) is 0. The van der Waals surface area contributed by atoms with Crippen molar-refractivity contribution >= 4 is 22.0 Å². The Bertz CT molecular complexity index is 436. The summed E-state index contributed by atoms with van der Waals surface area (Å²) >= 11 is 3.31. The van der Waals surface area contributed by atoms with Crippen molar-refractivity contribution in [3.63, 3.8) is 0 Å². The van der Waals surface area contributed by atoms with Gasteiger partial charge in [-0.15, -0.1) is 0 Å². The molecule has 0 bridgehead atoms. The molecule has 0 fully saturated rings. The molecule has 0 atom stereocenters. The van der Waals surface area contributed by atoms with E-state index in [-0.39, 0.29) is 0 Å². The van der Waals surface area contributed by atoms with Gasteiger partial charge in [-0.25, -0.2) is 0 Å². The first kappa shape index (κ1) is 10.5. The molecule has 0 amide bonds. The summed E-state index contributed by atoms with van der Waals surface area (Å²) in [5, 5.41) is 18.0. The molecule has 0 aliphatic rings. The number of hydrogen-bond acceptors (Lipinski definition) is 2. The van der Waals surface area contributed by atoms with Crippen LogP contribution in [0.4, 0.5) is 0 Å². The number of hydrogen-bond donors (Lipinski definition) is 0. The molecule has 0 aliphatic carbocycles. The Hall–Kier alpha value is -1.58. The zero-order chi connectivity index (χ0) is 10.4. The zero-order valence-corrected chi connectivity index (χ0v) is 8.95. The van der Waals surface area contributed by atoms with E-state index in [1.807, 2.05) is 24.3 Å². The average molecular weight is 247 g/mol. The predicted molar refractivity (Wildman–Crippen MR) is 58.4 cm³/mol. The largest absolute Gasteiger partial charge is 0.193 e. The Labute approximate surface area is 91.2 Å². The van der Waals surface area contributed by atoms with E-state index in [0.29, 0.717) is 10.9 Å². The Morgan fingerprint density at radius 1 is 1.36 bits per heavy atom. The molecular formula is C11H7BrN2. The maximum absolute atomic E-state index is 8.94. The average Bonchev–Trinajstić information content (AvgIpc) is 2.25. The first-order valence-corrected chi connectivity index (χ1v) is 5.09. The molecular weight excluding hydrogens is 240 g/mol. The molecule has 0 heterocycles. The monoisotopic (exact) mass is 246 g/mol. The molecule has 0 saturated heterocycles. The van der Waals surface area contributed by atoms with Crippen LogP contribution in [0.2, 0.25) is 0 Å². The molecule has 0 aromatic heterocycles. The van der Waals surface area contributed by atoms with Crippen molar-refractivity contribution in [3.8, 4) is 12.1 Å². The molecule has 1 aromatic rings. The van der Waals surface area contributed by atoms with Crippen LogP contribution in [0.15, 0.2) is 24.3 Å². The van der Waals surface area contributed by atoms with Gasteiger partial charge in [0.25, 0.3) is 0 Å². The molecule has 0 spiro atoms. The van der Waals surface area contributed by atoms with Crippen molar-refractivity contribution in [2.24, 2.45) is 0 Å². The van der Waals surface area contributed by atoms with Crippen molar-refractivity contribution in [2.45, 2.75) is 5.33 Å². The van der Waals surface area contributed by atoms with E-state index >= 15 is 0 Å². The van der Waals surface area contributed by atoms with Crippen LogP contribution in [0, 0.1) is 22.7 Å². The Balaban J connectivity index is 3.25. The van der Waals surface area contributed by atoms with Crippen LogP contribution in [-0.4, -0.2) is 0 Å². The normalized spacial score (nSPS) is 9.64. The van der Waals surface area contributed by atoms with Gasteiger partial charge in [0.05, 0.1) is 11.6 Å². The number of nitriles is 2. The second kappa shape index (κ2) is 5.21. The maximum atomic E-state index is 8.94. The van der Waals surface area contributed by atoms with E-state index in [4.69, 9.17) is 10.5 Å². The summed E-state index contributed by atoms with van der Waals surface area (Å²) < 4.78 is 0. The van der Waals surface area contributed by atoms with Gasteiger partial charge in [-0.1, -0.05) is 34.1 Å². The predicted octanol–water partition coefficient (Wildman–Crippen LogP) is 2.99. The fourth-order valence-corrected chi connectivity index (χ4v) is 1.60.